The highest BCUT2D eigenvalue weighted by atomic mass is 32.2. The van der Waals surface area contributed by atoms with Gasteiger partial charge in [0.05, 0.1) is 4.92 Å². The Labute approximate surface area is 124 Å². The number of nitro groups is 1. The van der Waals surface area contributed by atoms with Gasteiger partial charge in [-0.1, -0.05) is 0 Å². The summed E-state index contributed by atoms with van der Waals surface area (Å²) < 4.78 is 26.7. The topological polar surface area (TPSA) is 119 Å². The molecule has 1 rings (SSSR count). The van der Waals surface area contributed by atoms with Crippen LogP contribution in [-0.4, -0.2) is 44.4 Å². The van der Waals surface area contributed by atoms with E-state index < -0.39 is 25.5 Å². The Morgan fingerprint density at radius 1 is 1.43 bits per heavy atom. The van der Waals surface area contributed by atoms with Crippen LogP contribution in [0.15, 0.2) is 23.1 Å². The fraction of sp³-hybridized carbons (Fsp3) is 0.500. The second-order valence-electron chi connectivity index (χ2n) is 4.96. The van der Waals surface area contributed by atoms with Crippen molar-refractivity contribution in [2.45, 2.75) is 24.8 Å². The quantitative estimate of drug-likeness (QED) is 0.436. The number of hydrogen-bond donors (Lipinski definition) is 2. The van der Waals surface area contributed by atoms with Gasteiger partial charge in [0.1, 0.15) is 0 Å². The summed E-state index contributed by atoms with van der Waals surface area (Å²) in [6.07, 6.45) is 0. The fourth-order valence-corrected chi connectivity index (χ4v) is 2.81. The van der Waals surface area contributed by atoms with Crippen LogP contribution in [0.3, 0.4) is 0 Å². The number of anilines is 1. The normalized spacial score (nSPS) is 12.0. The van der Waals surface area contributed by atoms with Crippen LogP contribution in [0.1, 0.15) is 13.8 Å². The van der Waals surface area contributed by atoms with Crippen LogP contribution in [0, 0.1) is 10.1 Å². The Morgan fingerprint density at radius 2 is 2.05 bits per heavy atom. The summed E-state index contributed by atoms with van der Waals surface area (Å²) in [5.41, 5.74) is 5.18. The molecule has 0 bridgehead atoms. The van der Waals surface area contributed by atoms with Crippen molar-refractivity contribution in [3.63, 3.8) is 0 Å². The first-order valence-corrected chi connectivity index (χ1v) is 7.87. The van der Waals surface area contributed by atoms with E-state index in [9.17, 15) is 18.5 Å². The largest absolute Gasteiger partial charge is 0.399 e. The maximum absolute atomic E-state index is 12.2. The van der Waals surface area contributed by atoms with Crippen molar-refractivity contribution in [3.8, 4) is 0 Å². The van der Waals surface area contributed by atoms with Crippen molar-refractivity contribution >= 4 is 21.4 Å². The minimum Gasteiger partial charge on any atom is -0.399 e. The van der Waals surface area contributed by atoms with Gasteiger partial charge in [-0.2, -0.15) is 0 Å². The second kappa shape index (κ2) is 6.83. The van der Waals surface area contributed by atoms with E-state index in [1.165, 1.54) is 6.07 Å². The third-order valence-electron chi connectivity index (χ3n) is 3.11. The SMILES string of the molecule is CC(C)N(C)CCNS(=O)(=O)c1cc(N)ccc1[N+](=O)[O-]. The van der Waals surface area contributed by atoms with Gasteiger partial charge in [0.25, 0.3) is 5.69 Å². The van der Waals surface area contributed by atoms with Crippen molar-refractivity contribution in [3.05, 3.63) is 28.3 Å². The molecule has 0 unspecified atom stereocenters. The maximum atomic E-state index is 12.2. The van der Waals surface area contributed by atoms with Crippen molar-refractivity contribution < 1.29 is 13.3 Å². The Hall–Kier alpha value is -1.71. The Kier molecular flexibility index (Phi) is 5.64. The lowest BCUT2D eigenvalue weighted by atomic mass is 10.3. The van der Waals surface area contributed by atoms with Crippen LogP contribution in [0.25, 0.3) is 0 Å². The molecule has 9 heteroatoms. The molecule has 1 aromatic rings. The summed E-state index contributed by atoms with van der Waals surface area (Å²) in [6, 6.07) is 3.75. The lowest BCUT2D eigenvalue weighted by Crippen LogP contribution is -2.36. The number of sulfonamides is 1. The van der Waals surface area contributed by atoms with Crippen molar-refractivity contribution in [2.24, 2.45) is 0 Å². The molecule has 0 saturated heterocycles. The van der Waals surface area contributed by atoms with Crippen LogP contribution in [0.4, 0.5) is 11.4 Å². The van der Waals surface area contributed by atoms with E-state index in [1.807, 2.05) is 25.8 Å². The summed E-state index contributed by atoms with van der Waals surface area (Å²) in [4.78, 5) is 11.7. The van der Waals surface area contributed by atoms with Crippen LogP contribution < -0.4 is 10.5 Å². The molecule has 21 heavy (non-hydrogen) atoms. The van der Waals surface area contributed by atoms with Crippen LogP contribution in [0.2, 0.25) is 0 Å². The van der Waals surface area contributed by atoms with Crippen molar-refractivity contribution in [2.75, 3.05) is 25.9 Å². The van der Waals surface area contributed by atoms with E-state index in [2.05, 4.69) is 4.72 Å². The molecule has 0 spiro atoms. The average molecular weight is 316 g/mol. The average Bonchev–Trinajstić information content (AvgIpc) is 2.37. The molecule has 1 aromatic carbocycles. The van der Waals surface area contributed by atoms with Gasteiger partial charge in [-0.25, -0.2) is 13.1 Å². The first-order valence-electron chi connectivity index (χ1n) is 6.39. The van der Waals surface area contributed by atoms with Gasteiger partial charge < -0.3 is 10.6 Å². The van der Waals surface area contributed by atoms with Gasteiger partial charge >= 0.3 is 0 Å². The summed E-state index contributed by atoms with van der Waals surface area (Å²) in [5, 5.41) is 10.9. The summed E-state index contributed by atoms with van der Waals surface area (Å²) in [6.45, 7) is 4.62. The van der Waals surface area contributed by atoms with Gasteiger partial charge in [0.15, 0.2) is 4.90 Å². The number of nitrogens with two attached hydrogens (primary N) is 1. The van der Waals surface area contributed by atoms with E-state index in [0.29, 0.717) is 6.54 Å². The number of hydrogen-bond acceptors (Lipinski definition) is 6. The third kappa shape index (κ3) is 4.66. The smallest absolute Gasteiger partial charge is 0.289 e. The fourth-order valence-electron chi connectivity index (χ4n) is 1.59. The number of nitrogens with zero attached hydrogens (tertiary/aromatic N) is 2. The van der Waals surface area contributed by atoms with Gasteiger partial charge in [-0.05, 0) is 33.0 Å². The minimum absolute atomic E-state index is 0.153. The van der Waals surface area contributed by atoms with Crippen LogP contribution in [0.5, 0.6) is 0 Å². The second-order valence-corrected chi connectivity index (χ2v) is 6.69. The molecule has 0 aliphatic carbocycles. The number of rotatable bonds is 7. The molecule has 0 aliphatic heterocycles. The molecule has 0 atom stereocenters. The summed E-state index contributed by atoms with van der Waals surface area (Å²) >= 11 is 0. The zero-order valence-electron chi connectivity index (χ0n) is 12.2. The van der Waals surface area contributed by atoms with Gasteiger partial charge in [0.2, 0.25) is 10.0 Å². The summed E-state index contributed by atoms with van der Waals surface area (Å²) in [7, 11) is -2.12. The molecule has 0 amide bonds. The number of nitrogens with one attached hydrogen (secondary N) is 1. The molecule has 118 valence electrons. The molecular formula is C12H20N4O4S. The monoisotopic (exact) mass is 316 g/mol. The molecule has 0 aliphatic rings. The standard InChI is InChI=1S/C12H20N4O4S/c1-9(2)15(3)7-6-14-21(19,20)12-8-10(13)4-5-11(12)16(17)18/h4-5,8-9,14H,6-7,13H2,1-3H3. The third-order valence-corrected chi connectivity index (χ3v) is 4.60. The number of nitro benzene ring substituents is 1. The number of likely N-dealkylation sites (N-methyl/N-ethyl adjacent to an activating group) is 1. The van der Waals surface area contributed by atoms with E-state index in [0.717, 1.165) is 12.1 Å². The molecule has 0 aromatic heterocycles. The first kappa shape index (κ1) is 17.3. The van der Waals surface area contributed by atoms with Crippen LogP contribution >= 0.6 is 0 Å². The minimum atomic E-state index is -3.98. The highest BCUT2D eigenvalue weighted by molar-refractivity contribution is 7.89. The highest BCUT2D eigenvalue weighted by Gasteiger charge is 2.25. The Bertz CT molecular complexity index is 616. The van der Waals surface area contributed by atoms with E-state index in [4.69, 9.17) is 5.73 Å². The molecule has 0 radical (unpaired) electrons. The zero-order valence-corrected chi connectivity index (χ0v) is 13.1. The predicted octanol–water partition coefficient (Wildman–Crippen LogP) is 0.796. The highest BCUT2D eigenvalue weighted by Crippen LogP contribution is 2.25. The molecule has 3 N–H and O–H groups in total. The lowest BCUT2D eigenvalue weighted by molar-refractivity contribution is -0.387. The summed E-state index contributed by atoms with van der Waals surface area (Å²) in [5.74, 6) is 0. The van der Waals surface area contributed by atoms with E-state index >= 15 is 0 Å². The van der Waals surface area contributed by atoms with E-state index in [-0.39, 0.29) is 18.3 Å². The zero-order chi connectivity index (χ0) is 16.2. The van der Waals surface area contributed by atoms with Crippen molar-refractivity contribution in [1.29, 1.82) is 0 Å². The Balaban J connectivity index is 2.93. The lowest BCUT2D eigenvalue weighted by Gasteiger charge is -2.20. The van der Waals surface area contributed by atoms with Crippen LogP contribution in [-0.2, 0) is 10.0 Å². The molecule has 8 nitrogen and oxygen atoms in total. The van der Waals surface area contributed by atoms with Crippen molar-refractivity contribution in [1.82, 2.24) is 9.62 Å². The molecule has 0 saturated carbocycles. The van der Waals surface area contributed by atoms with Gasteiger partial charge in [0, 0.05) is 30.9 Å². The van der Waals surface area contributed by atoms with E-state index in [1.54, 1.807) is 0 Å². The Morgan fingerprint density at radius 3 is 2.57 bits per heavy atom. The molecule has 0 heterocycles. The predicted molar refractivity (Wildman–Crippen MR) is 80.5 cm³/mol. The number of nitrogen functional groups attached to an aromatic ring is 1. The molecule has 0 fully saturated rings. The molecular weight excluding hydrogens is 296 g/mol. The maximum Gasteiger partial charge on any atom is 0.289 e. The van der Waals surface area contributed by atoms with Gasteiger partial charge in [-0.3, -0.25) is 10.1 Å². The van der Waals surface area contributed by atoms with Gasteiger partial charge in [-0.15, -0.1) is 0 Å². The first-order chi connectivity index (χ1) is 9.65. The number of benzene rings is 1.